The molecule has 0 atom stereocenters. The fourth-order valence-corrected chi connectivity index (χ4v) is 1.27. The molecule has 1 nitrogen and oxygen atoms in total. The van der Waals surface area contributed by atoms with Crippen molar-refractivity contribution in [2.24, 2.45) is 0 Å². The molecule has 1 rings (SSSR count). The molecule has 74 valence electrons. The molecule has 0 spiro atoms. The van der Waals surface area contributed by atoms with Crippen LogP contribution in [0.15, 0.2) is 12.1 Å². The van der Waals surface area contributed by atoms with Gasteiger partial charge >= 0.3 is 0 Å². The number of halogens is 3. The molecule has 4 heteroatoms. The van der Waals surface area contributed by atoms with Gasteiger partial charge < -0.3 is 0 Å². The number of alkyl halides is 3. The Morgan fingerprint density at radius 1 is 1.00 bits per heavy atom. The average Bonchev–Trinajstić information content (AvgIpc) is 2.26. The third-order valence-corrected chi connectivity index (χ3v) is 1.99. The van der Waals surface area contributed by atoms with E-state index < -0.39 is 20.0 Å². The molecule has 0 aliphatic carbocycles. The Bertz CT molecular complexity index is 343. The van der Waals surface area contributed by atoms with E-state index >= 15 is 0 Å². The molecule has 0 radical (unpaired) electrons. The Morgan fingerprint density at radius 3 is 1.79 bits per heavy atom. The maximum Gasteiger partial charge on any atom is 0.115 e. The van der Waals surface area contributed by atoms with Gasteiger partial charge in [0.05, 0.1) is 11.6 Å². The van der Waals surface area contributed by atoms with Crippen molar-refractivity contribution < 1.29 is 13.2 Å². The van der Waals surface area contributed by atoms with Crippen molar-refractivity contribution in [3.05, 3.63) is 34.4 Å². The van der Waals surface area contributed by atoms with Crippen LogP contribution in [-0.2, 0) is 20.0 Å². The Labute approximate surface area is 79.8 Å². The summed E-state index contributed by atoms with van der Waals surface area (Å²) in [6.07, 6.45) is 0. The lowest BCUT2D eigenvalue weighted by molar-refractivity contribution is 0.436. The lowest BCUT2D eigenvalue weighted by Crippen LogP contribution is -1.97. The highest BCUT2D eigenvalue weighted by atomic mass is 19.1. The van der Waals surface area contributed by atoms with Gasteiger partial charge in [0.25, 0.3) is 0 Å². The number of hydrogen-bond donors (Lipinski definition) is 0. The summed E-state index contributed by atoms with van der Waals surface area (Å²) in [7, 11) is 0. The summed E-state index contributed by atoms with van der Waals surface area (Å²) in [5.41, 5.74) is 0.287. The van der Waals surface area contributed by atoms with Crippen LogP contribution in [0.1, 0.15) is 22.3 Å². The van der Waals surface area contributed by atoms with Crippen molar-refractivity contribution >= 4 is 0 Å². The molecule has 0 bridgehead atoms. The molecule has 1 aromatic carbocycles. The van der Waals surface area contributed by atoms with Crippen LogP contribution in [0, 0.1) is 11.3 Å². The third-order valence-electron chi connectivity index (χ3n) is 1.99. The number of benzene rings is 1. The summed E-state index contributed by atoms with van der Waals surface area (Å²) in [6.45, 7) is -2.69. The van der Waals surface area contributed by atoms with Crippen LogP contribution >= 0.6 is 0 Å². The maximum atomic E-state index is 12.4. The lowest BCUT2D eigenvalue weighted by Gasteiger charge is -2.07. The summed E-state index contributed by atoms with van der Waals surface area (Å²) >= 11 is 0. The zero-order valence-electron chi connectivity index (χ0n) is 7.36. The van der Waals surface area contributed by atoms with E-state index in [1.807, 2.05) is 0 Å². The Balaban J connectivity index is 3.33. The molecule has 0 saturated carbocycles. The van der Waals surface area contributed by atoms with E-state index in [9.17, 15) is 13.2 Å². The summed E-state index contributed by atoms with van der Waals surface area (Å²) in [5.74, 6) is 0. The van der Waals surface area contributed by atoms with Gasteiger partial charge in [-0.15, -0.1) is 0 Å². The van der Waals surface area contributed by atoms with E-state index in [0.717, 1.165) is 0 Å². The Morgan fingerprint density at radius 2 is 1.50 bits per heavy atom. The first-order chi connectivity index (χ1) is 6.76. The third kappa shape index (κ3) is 1.87. The smallest absolute Gasteiger partial charge is 0.115 e. The van der Waals surface area contributed by atoms with E-state index in [2.05, 4.69) is 0 Å². The fraction of sp³-hybridized carbons (Fsp3) is 0.300. The first-order valence-electron chi connectivity index (χ1n) is 3.99. The zero-order chi connectivity index (χ0) is 10.6. The lowest BCUT2D eigenvalue weighted by atomic mass is 10.00. The van der Waals surface area contributed by atoms with E-state index in [4.69, 9.17) is 5.26 Å². The summed E-state index contributed by atoms with van der Waals surface area (Å²) in [5, 5.41) is 8.55. The maximum absolute atomic E-state index is 12.4. The minimum atomic E-state index is -0.912. The molecule has 0 N–H and O–H groups in total. The second-order valence-electron chi connectivity index (χ2n) is 2.79. The molecule has 0 unspecified atom stereocenters. The summed E-state index contributed by atoms with van der Waals surface area (Å²) < 4.78 is 37.3. The molecule has 0 saturated heterocycles. The monoisotopic (exact) mass is 199 g/mol. The van der Waals surface area contributed by atoms with Crippen LogP contribution < -0.4 is 0 Å². The molecule has 14 heavy (non-hydrogen) atoms. The second kappa shape index (κ2) is 4.66. The van der Waals surface area contributed by atoms with E-state index in [0.29, 0.717) is 0 Å². The van der Waals surface area contributed by atoms with Gasteiger partial charge in [0.15, 0.2) is 0 Å². The van der Waals surface area contributed by atoms with Crippen LogP contribution in [0.4, 0.5) is 13.2 Å². The second-order valence-corrected chi connectivity index (χ2v) is 2.79. The Kier molecular flexibility index (Phi) is 3.52. The van der Waals surface area contributed by atoms with Crippen LogP contribution in [0.25, 0.3) is 0 Å². The molecule has 0 heterocycles. The zero-order valence-corrected chi connectivity index (χ0v) is 7.36. The predicted molar refractivity (Wildman–Crippen MR) is 45.6 cm³/mol. The number of hydrogen-bond acceptors (Lipinski definition) is 1. The predicted octanol–water partition coefficient (Wildman–Crippen LogP) is 2.97. The first-order valence-corrected chi connectivity index (χ1v) is 3.99. The van der Waals surface area contributed by atoms with E-state index in [1.54, 1.807) is 6.07 Å². The molecule has 0 aromatic heterocycles. The Hall–Kier alpha value is -1.50. The molecule has 0 aliphatic rings. The fourth-order valence-electron chi connectivity index (χ4n) is 1.27. The van der Waals surface area contributed by atoms with Crippen LogP contribution in [0.2, 0.25) is 0 Å². The molecule has 0 aliphatic heterocycles. The number of nitrogens with zero attached hydrogens (tertiary/aromatic N) is 1. The normalized spacial score (nSPS) is 9.86. The molecule has 0 amide bonds. The highest BCUT2D eigenvalue weighted by Crippen LogP contribution is 2.21. The van der Waals surface area contributed by atoms with Gasteiger partial charge in [-0.2, -0.15) is 5.26 Å². The standard InChI is InChI=1S/C10H8F3N/c11-3-8-1-7(6-14)2-9(4-12)10(8)5-13/h1-2H,3-5H2. The van der Waals surface area contributed by atoms with Gasteiger partial charge in [0, 0.05) is 0 Å². The minimum Gasteiger partial charge on any atom is -0.246 e. The highest BCUT2D eigenvalue weighted by Gasteiger charge is 2.10. The van der Waals surface area contributed by atoms with Gasteiger partial charge in [0.2, 0.25) is 0 Å². The SMILES string of the molecule is N#Cc1cc(CF)c(CF)c(CF)c1. The largest absolute Gasteiger partial charge is 0.246 e. The van der Waals surface area contributed by atoms with Gasteiger partial charge in [-0.05, 0) is 28.8 Å². The molecule has 1 aromatic rings. The van der Waals surface area contributed by atoms with Gasteiger partial charge in [-0.1, -0.05) is 0 Å². The topological polar surface area (TPSA) is 23.8 Å². The first kappa shape index (κ1) is 10.6. The minimum absolute atomic E-state index is 0.0222. The van der Waals surface area contributed by atoms with Crippen molar-refractivity contribution in [1.29, 1.82) is 5.26 Å². The summed E-state index contributed by atoms with van der Waals surface area (Å²) in [4.78, 5) is 0. The number of rotatable bonds is 3. The van der Waals surface area contributed by atoms with Crippen molar-refractivity contribution in [2.45, 2.75) is 20.0 Å². The van der Waals surface area contributed by atoms with Crippen molar-refractivity contribution in [3.63, 3.8) is 0 Å². The molecular formula is C10H8F3N. The van der Waals surface area contributed by atoms with E-state index in [-0.39, 0.29) is 22.3 Å². The van der Waals surface area contributed by atoms with Crippen LogP contribution in [0.5, 0.6) is 0 Å². The van der Waals surface area contributed by atoms with Crippen LogP contribution in [-0.4, -0.2) is 0 Å². The van der Waals surface area contributed by atoms with E-state index in [1.165, 1.54) is 12.1 Å². The van der Waals surface area contributed by atoms with Crippen LogP contribution in [0.3, 0.4) is 0 Å². The summed E-state index contributed by atoms with van der Waals surface area (Å²) in [6, 6.07) is 4.26. The number of nitriles is 1. The molecular weight excluding hydrogens is 191 g/mol. The van der Waals surface area contributed by atoms with Gasteiger partial charge in [0.1, 0.15) is 20.0 Å². The van der Waals surface area contributed by atoms with Crippen molar-refractivity contribution in [2.75, 3.05) is 0 Å². The van der Waals surface area contributed by atoms with Gasteiger partial charge in [-0.3, -0.25) is 0 Å². The quantitative estimate of drug-likeness (QED) is 0.734. The van der Waals surface area contributed by atoms with Crippen molar-refractivity contribution in [3.8, 4) is 6.07 Å². The van der Waals surface area contributed by atoms with Gasteiger partial charge in [-0.25, -0.2) is 13.2 Å². The highest BCUT2D eigenvalue weighted by molar-refractivity contribution is 5.43. The average molecular weight is 199 g/mol. The molecule has 0 fully saturated rings. The van der Waals surface area contributed by atoms with Crippen molar-refractivity contribution in [1.82, 2.24) is 0 Å².